The van der Waals surface area contributed by atoms with Gasteiger partial charge in [-0.3, -0.25) is 0 Å². The molecule has 0 N–H and O–H groups in total. The summed E-state index contributed by atoms with van der Waals surface area (Å²) in [6, 6.07) is 19.8. The summed E-state index contributed by atoms with van der Waals surface area (Å²) in [7, 11) is 2.23. The van der Waals surface area contributed by atoms with Crippen LogP contribution in [0.4, 0.5) is 0 Å². The molecule has 3 nitrogen and oxygen atoms in total. The zero-order valence-corrected chi connectivity index (χ0v) is 21.7. The highest BCUT2D eigenvalue weighted by atomic mass is 15.0. The van der Waals surface area contributed by atoms with Crippen LogP contribution in [0.2, 0.25) is 6.32 Å². The molecule has 3 aromatic rings. The lowest BCUT2D eigenvalue weighted by Crippen LogP contribution is -2.07. The Morgan fingerprint density at radius 2 is 1.65 bits per heavy atom. The van der Waals surface area contributed by atoms with Gasteiger partial charge in [0.05, 0.1) is 18.3 Å². The highest BCUT2D eigenvalue weighted by Crippen LogP contribution is 2.32. The summed E-state index contributed by atoms with van der Waals surface area (Å²) in [5.41, 5.74) is 6.90. The van der Waals surface area contributed by atoms with E-state index in [9.17, 15) is 0 Å². The summed E-state index contributed by atoms with van der Waals surface area (Å²) in [6.45, 7) is 9.26. The van der Waals surface area contributed by atoms with E-state index < -0.39 is 0 Å². The molecule has 0 bridgehead atoms. The van der Waals surface area contributed by atoms with Crippen LogP contribution in [0.25, 0.3) is 0 Å². The average Bonchev–Trinajstić information content (AvgIpc) is 3.27. The van der Waals surface area contributed by atoms with Crippen LogP contribution in [0.1, 0.15) is 67.0 Å². The summed E-state index contributed by atoms with van der Waals surface area (Å²) in [5, 5.41) is 8.67. The fourth-order valence-electron chi connectivity index (χ4n) is 4.21. The number of hydrogen-bond donors (Lipinski definition) is 0. The maximum atomic E-state index is 8.67. The minimum absolute atomic E-state index is 0.0600. The van der Waals surface area contributed by atoms with Crippen LogP contribution in [0, 0.1) is 31.1 Å². The number of aromatic nitrogens is 2. The molecular formula is C30H40BN3. The number of imidazole rings is 1. The molecule has 0 aliphatic rings. The van der Waals surface area contributed by atoms with Crippen LogP contribution in [0.15, 0.2) is 73.2 Å². The van der Waals surface area contributed by atoms with Crippen LogP contribution in [-0.2, 0) is 13.0 Å². The van der Waals surface area contributed by atoms with Gasteiger partial charge in [-0.1, -0.05) is 80.3 Å². The first-order chi connectivity index (χ1) is 16.5. The van der Waals surface area contributed by atoms with Gasteiger partial charge in [0.1, 0.15) is 7.85 Å². The predicted molar refractivity (Wildman–Crippen MR) is 147 cm³/mol. The lowest BCUT2D eigenvalue weighted by molar-refractivity contribution is 0.558. The minimum atomic E-state index is 0.0600. The highest BCUT2D eigenvalue weighted by Gasteiger charge is 2.16. The van der Waals surface area contributed by atoms with Crippen molar-refractivity contribution in [3.63, 3.8) is 0 Å². The number of benzene rings is 2. The Morgan fingerprint density at radius 1 is 1.03 bits per heavy atom. The molecule has 1 unspecified atom stereocenters. The number of hydrogen-bond acceptors (Lipinski definition) is 2. The number of aryl methyl sites for hydroxylation is 3. The highest BCUT2D eigenvalue weighted by molar-refractivity contribution is 6.08. The molecule has 0 saturated carbocycles. The van der Waals surface area contributed by atoms with E-state index in [0.29, 0.717) is 5.92 Å². The van der Waals surface area contributed by atoms with Gasteiger partial charge in [-0.05, 0) is 62.3 Å². The third-order valence-electron chi connectivity index (χ3n) is 6.12. The number of nitrogens with zero attached hydrogens (tertiary/aromatic N) is 3. The Balaban J connectivity index is 0.000000270. The molecule has 2 aromatic carbocycles. The van der Waals surface area contributed by atoms with Gasteiger partial charge in [-0.15, -0.1) is 0 Å². The first-order valence-corrected chi connectivity index (χ1v) is 12.7. The van der Waals surface area contributed by atoms with Crippen LogP contribution in [-0.4, -0.2) is 17.4 Å². The van der Waals surface area contributed by atoms with E-state index in [-0.39, 0.29) is 5.92 Å². The SMILES string of the molecule is BCCC=CCC(c1ccccc1C)c1ccccc1C.CCCc1cncn1CC(C)C#N. The van der Waals surface area contributed by atoms with Crippen molar-refractivity contribution < 1.29 is 0 Å². The molecule has 0 spiro atoms. The molecule has 0 amide bonds. The zero-order valence-electron chi connectivity index (χ0n) is 21.7. The minimum Gasteiger partial charge on any atom is -0.333 e. The summed E-state index contributed by atoms with van der Waals surface area (Å²) in [4.78, 5) is 4.08. The average molecular weight is 453 g/mol. The fourth-order valence-corrected chi connectivity index (χ4v) is 4.21. The maximum Gasteiger partial charge on any atom is 0.101 e. The third kappa shape index (κ3) is 8.38. The maximum absolute atomic E-state index is 8.67. The predicted octanol–water partition coefficient (Wildman–Crippen LogP) is 6.82. The molecule has 0 saturated heterocycles. The Morgan fingerprint density at radius 3 is 2.18 bits per heavy atom. The van der Waals surface area contributed by atoms with E-state index in [1.165, 1.54) is 40.7 Å². The topological polar surface area (TPSA) is 41.6 Å². The molecule has 1 atom stereocenters. The molecule has 1 heterocycles. The van der Waals surface area contributed by atoms with Crippen molar-refractivity contribution in [2.45, 2.75) is 72.2 Å². The van der Waals surface area contributed by atoms with Gasteiger partial charge in [-0.25, -0.2) is 4.98 Å². The normalized spacial score (nSPS) is 11.8. The van der Waals surface area contributed by atoms with Crippen molar-refractivity contribution in [2.24, 2.45) is 5.92 Å². The lowest BCUT2D eigenvalue weighted by atomic mass is 9.84. The molecule has 0 fully saturated rings. The third-order valence-corrected chi connectivity index (χ3v) is 6.12. The molecule has 0 aliphatic carbocycles. The van der Waals surface area contributed by atoms with Crippen molar-refractivity contribution in [3.05, 3.63) is 101 Å². The van der Waals surface area contributed by atoms with Crippen LogP contribution >= 0.6 is 0 Å². The quantitative estimate of drug-likeness (QED) is 0.250. The van der Waals surface area contributed by atoms with Gasteiger partial charge < -0.3 is 4.57 Å². The van der Waals surface area contributed by atoms with Crippen molar-refractivity contribution in [1.29, 1.82) is 5.26 Å². The Labute approximate surface area is 208 Å². The standard InChI is InChI=1S/C20H25B.C10H15N3/c1-16-10-5-7-12-18(16)20(14-4-3-9-15-21)19-13-8-6-11-17(19)2;1-3-4-10-6-12-8-13(10)7-9(2)5-11/h3-8,10-13,20H,9,14-15,21H2,1-2H3;6,8-9H,3-4,7H2,1-2H3. The summed E-state index contributed by atoms with van der Waals surface area (Å²) in [5.74, 6) is 0.519. The van der Waals surface area contributed by atoms with Gasteiger partial charge in [0, 0.05) is 24.4 Å². The molecule has 3 rings (SSSR count). The van der Waals surface area contributed by atoms with E-state index in [4.69, 9.17) is 5.26 Å². The van der Waals surface area contributed by atoms with Crippen molar-refractivity contribution >= 4 is 7.85 Å². The van der Waals surface area contributed by atoms with Gasteiger partial charge in [-0.2, -0.15) is 5.26 Å². The molecular weight excluding hydrogens is 413 g/mol. The number of rotatable bonds is 10. The Hall–Kier alpha value is -3.06. The van der Waals surface area contributed by atoms with E-state index in [1.54, 1.807) is 6.33 Å². The summed E-state index contributed by atoms with van der Waals surface area (Å²) >= 11 is 0. The smallest absolute Gasteiger partial charge is 0.101 e. The first kappa shape index (κ1) is 27.2. The van der Waals surface area contributed by atoms with Gasteiger partial charge in [0.15, 0.2) is 0 Å². The van der Waals surface area contributed by atoms with Crippen molar-refractivity contribution in [2.75, 3.05) is 0 Å². The lowest BCUT2D eigenvalue weighted by Gasteiger charge is -2.20. The van der Waals surface area contributed by atoms with E-state index in [0.717, 1.165) is 25.8 Å². The molecule has 34 heavy (non-hydrogen) atoms. The number of nitriles is 1. The monoisotopic (exact) mass is 453 g/mol. The zero-order chi connectivity index (χ0) is 24.8. The Bertz CT molecular complexity index is 1020. The molecule has 0 radical (unpaired) electrons. The van der Waals surface area contributed by atoms with Crippen molar-refractivity contribution in [3.8, 4) is 6.07 Å². The van der Waals surface area contributed by atoms with Crippen LogP contribution < -0.4 is 0 Å². The first-order valence-electron chi connectivity index (χ1n) is 12.7. The largest absolute Gasteiger partial charge is 0.333 e. The number of allylic oxidation sites excluding steroid dienone is 2. The molecule has 1 aromatic heterocycles. The second-order valence-electron chi connectivity index (χ2n) is 9.08. The fraction of sp³-hybridized carbons (Fsp3) is 0.400. The Kier molecular flexibility index (Phi) is 12.0. The van der Waals surface area contributed by atoms with Crippen LogP contribution in [0.3, 0.4) is 0 Å². The second-order valence-corrected chi connectivity index (χ2v) is 9.08. The molecule has 178 valence electrons. The molecule has 0 aliphatic heterocycles. The van der Waals surface area contributed by atoms with Crippen LogP contribution in [0.5, 0.6) is 0 Å². The van der Waals surface area contributed by atoms with E-state index >= 15 is 0 Å². The summed E-state index contributed by atoms with van der Waals surface area (Å²) < 4.78 is 2.07. The van der Waals surface area contributed by atoms with E-state index in [2.05, 4.69) is 105 Å². The molecule has 4 heteroatoms. The van der Waals surface area contributed by atoms with E-state index in [1.807, 2.05) is 13.1 Å². The summed E-state index contributed by atoms with van der Waals surface area (Å²) in [6.07, 6.45) is 14.0. The van der Waals surface area contributed by atoms with Gasteiger partial charge in [0.25, 0.3) is 0 Å². The second kappa shape index (κ2) is 15.0. The van der Waals surface area contributed by atoms with Gasteiger partial charge >= 0.3 is 0 Å². The van der Waals surface area contributed by atoms with Gasteiger partial charge in [0.2, 0.25) is 0 Å². The van der Waals surface area contributed by atoms with Crippen molar-refractivity contribution in [1.82, 2.24) is 9.55 Å².